The van der Waals surface area contributed by atoms with Crippen molar-refractivity contribution in [3.8, 4) is 11.5 Å². The molecule has 0 fully saturated rings. The molecule has 0 spiro atoms. The zero-order chi connectivity index (χ0) is 12.3. The van der Waals surface area contributed by atoms with E-state index < -0.39 is 5.97 Å². The number of carbonyl (C=O) groups is 1. The molecule has 0 bridgehead atoms. The summed E-state index contributed by atoms with van der Waals surface area (Å²) < 4.78 is 10.4. The van der Waals surface area contributed by atoms with Crippen LogP contribution in [0.1, 0.15) is 6.92 Å². The highest BCUT2D eigenvalue weighted by Gasteiger charge is 2.12. The second kappa shape index (κ2) is 4.78. The van der Waals surface area contributed by atoms with Crippen molar-refractivity contribution in [1.29, 1.82) is 0 Å². The van der Waals surface area contributed by atoms with Crippen LogP contribution >= 0.6 is 0 Å². The molecule has 0 saturated heterocycles. The molecule has 2 rings (SSSR count). The minimum Gasteiger partial charge on any atom is -0.478 e. The summed E-state index contributed by atoms with van der Waals surface area (Å²) >= 11 is 0. The average Bonchev–Trinajstić information content (AvgIpc) is 2.75. The van der Waals surface area contributed by atoms with Crippen molar-refractivity contribution >= 4 is 11.7 Å². The van der Waals surface area contributed by atoms with Crippen molar-refractivity contribution in [3.05, 3.63) is 29.8 Å². The third-order valence-corrected chi connectivity index (χ3v) is 2.42. The van der Waals surface area contributed by atoms with Crippen LogP contribution < -0.4 is 14.8 Å². The second-order valence-electron chi connectivity index (χ2n) is 3.64. The highest BCUT2D eigenvalue weighted by Crippen LogP contribution is 2.34. The van der Waals surface area contributed by atoms with Gasteiger partial charge in [-0.25, -0.2) is 4.79 Å². The Kier molecular flexibility index (Phi) is 3.18. The van der Waals surface area contributed by atoms with Gasteiger partial charge in [-0.1, -0.05) is 6.08 Å². The lowest BCUT2D eigenvalue weighted by molar-refractivity contribution is -0.132. The second-order valence-corrected chi connectivity index (χ2v) is 3.64. The molecule has 90 valence electrons. The molecule has 1 aromatic carbocycles. The molecular formula is C12H13NO4. The number of aliphatic carboxylic acids is 1. The van der Waals surface area contributed by atoms with Crippen molar-refractivity contribution in [2.45, 2.75) is 6.92 Å². The number of nitrogens with one attached hydrogen (secondary N) is 1. The van der Waals surface area contributed by atoms with Gasteiger partial charge in [0.2, 0.25) is 6.79 Å². The van der Waals surface area contributed by atoms with Crippen LogP contribution in [-0.2, 0) is 4.79 Å². The normalized spacial score (nSPS) is 13.6. The molecule has 0 amide bonds. The number of hydrogen-bond acceptors (Lipinski definition) is 4. The van der Waals surface area contributed by atoms with Gasteiger partial charge in [-0.05, 0) is 19.1 Å². The largest absolute Gasteiger partial charge is 0.478 e. The molecule has 0 saturated carbocycles. The fraction of sp³-hybridized carbons (Fsp3) is 0.250. The van der Waals surface area contributed by atoms with E-state index in [0.717, 1.165) is 11.4 Å². The van der Waals surface area contributed by atoms with Gasteiger partial charge in [-0.3, -0.25) is 0 Å². The van der Waals surface area contributed by atoms with Crippen molar-refractivity contribution in [1.82, 2.24) is 0 Å². The number of hydrogen-bond donors (Lipinski definition) is 2. The molecule has 1 heterocycles. The number of rotatable bonds is 4. The van der Waals surface area contributed by atoms with E-state index >= 15 is 0 Å². The Morgan fingerprint density at radius 1 is 1.47 bits per heavy atom. The van der Waals surface area contributed by atoms with Gasteiger partial charge in [0.25, 0.3) is 0 Å². The van der Waals surface area contributed by atoms with Crippen LogP contribution in [0.5, 0.6) is 11.5 Å². The van der Waals surface area contributed by atoms with Crippen LogP contribution in [-0.4, -0.2) is 24.4 Å². The van der Waals surface area contributed by atoms with Crippen LogP contribution in [0.3, 0.4) is 0 Å². The fourth-order valence-corrected chi connectivity index (χ4v) is 1.42. The molecule has 0 radical (unpaired) electrons. The summed E-state index contributed by atoms with van der Waals surface area (Å²) in [6, 6.07) is 5.50. The van der Waals surface area contributed by atoms with Gasteiger partial charge in [-0.2, -0.15) is 0 Å². The van der Waals surface area contributed by atoms with Gasteiger partial charge in [0.15, 0.2) is 11.5 Å². The zero-order valence-corrected chi connectivity index (χ0v) is 9.40. The van der Waals surface area contributed by atoms with Crippen LogP contribution in [0.25, 0.3) is 0 Å². The predicted molar refractivity (Wildman–Crippen MR) is 62.4 cm³/mol. The third kappa shape index (κ3) is 2.69. The number of carboxylic acid groups (broad SMARTS) is 1. The van der Waals surface area contributed by atoms with E-state index in [1.807, 2.05) is 18.2 Å². The van der Waals surface area contributed by atoms with Gasteiger partial charge >= 0.3 is 5.97 Å². The molecule has 5 heteroatoms. The van der Waals surface area contributed by atoms with Crippen LogP contribution in [0, 0.1) is 0 Å². The summed E-state index contributed by atoms with van der Waals surface area (Å²) in [6.07, 6.45) is 1.62. The Hall–Kier alpha value is -2.17. The number of benzene rings is 1. The Bertz CT molecular complexity index is 468. The monoisotopic (exact) mass is 235 g/mol. The summed E-state index contributed by atoms with van der Waals surface area (Å²) in [5, 5.41) is 11.8. The van der Waals surface area contributed by atoms with Crippen LogP contribution in [0.2, 0.25) is 0 Å². The smallest absolute Gasteiger partial charge is 0.331 e. The Morgan fingerprint density at radius 3 is 3.00 bits per heavy atom. The number of anilines is 1. The molecule has 2 N–H and O–H groups in total. The molecule has 17 heavy (non-hydrogen) atoms. The predicted octanol–water partition coefficient (Wildman–Crippen LogP) is 1.86. The summed E-state index contributed by atoms with van der Waals surface area (Å²) in [6.45, 7) is 2.26. The van der Waals surface area contributed by atoms with E-state index in [9.17, 15) is 4.79 Å². The van der Waals surface area contributed by atoms with E-state index in [2.05, 4.69) is 5.32 Å². The van der Waals surface area contributed by atoms with Crippen molar-refractivity contribution < 1.29 is 19.4 Å². The zero-order valence-electron chi connectivity index (χ0n) is 9.40. The molecular weight excluding hydrogens is 222 g/mol. The first-order valence-corrected chi connectivity index (χ1v) is 5.20. The minimum absolute atomic E-state index is 0.247. The standard InChI is InChI=1S/C12H13NO4/c1-8(12(14)15)4-5-13-9-2-3-10-11(6-9)17-7-16-10/h2-4,6,13H,5,7H2,1H3,(H,14,15)/b8-4-. The molecule has 1 aromatic rings. The SMILES string of the molecule is C/C(=C/CNc1ccc2c(c1)OCO2)C(=O)O. The first-order valence-electron chi connectivity index (χ1n) is 5.20. The molecule has 0 unspecified atom stereocenters. The van der Waals surface area contributed by atoms with Gasteiger partial charge < -0.3 is 19.9 Å². The van der Waals surface area contributed by atoms with Gasteiger partial charge in [0.1, 0.15) is 0 Å². The Labute approximate surface area is 98.7 Å². The van der Waals surface area contributed by atoms with E-state index in [0.29, 0.717) is 17.9 Å². The number of fused-ring (bicyclic) bond motifs is 1. The van der Waals surface area contributed by atoms with E-state index in [1.54, 1.807) is 13.0 Å². The fourth-order valence-electron chi connectivity index (χ4n) is 1.42. The maximum absolute atomic E-state index is 10.6. The highest BCUT2D eigenvalue weighted by atomic mass is 16.7. The van der Waals surface area contributed by atoms with Gasteiger partial charge in [0, 0.05) is 23.9 Å². The third-order valence-electron chi connectivity index (χ3n) is 2.42. The van der Waals surface area contributed by atoms with Crippen LogP contribution in [0.4, 0.5) is 5.69 Å². The highest BCUT2D eigenvalue weighted by molar-refractivity contribution is 5.85. The Balaban J connectivity index is 1.96. The van der Waals surface area contributed by atoms with Gasteiger partial charge in [-0.15, -0.1) is 0 Å². The molecule has 5 nitrogen and oxygen atoms in total. The quantitative estimate of drug-likeness (QED) is 0.779. The molecule has 1 aliphatic heterocycles. The first kappa shape index (κ1) is 11.3. The van der Waals surface area contributed by atoms with Crippen molar-refractivity contribution in [2.24, 2.45) is 0 Å². The molecule has 0 atom stereocenters. The molecule has 1 aliphatic rings. The summed E-state index contributed by atoms with van der Waals surface area (Å²) in [7, 11) is 0. The summed E-state index contributed by atoms with van der Waals surface area (Å²) in [5.74, 6) is 0.527. The Morgan fingerprint density at radius 2 is 2.24 bits per heavy atom. The molecule has 0 aromatic heterocycles. The maximum Gasteiger partial charge on any atom is 0.331 e. The first-order chi connectivity index (χ1) is 8.16. The lowest BCUT2D eigenvalue weighted by Crippen LogP contribution is -2.02. The topological polar surface area (TPSA) is 67.8 Å². The lowest BCUT2D eigenvalue weighted by Gasteiger charge is -2.04. The summed E-state index contributed by atoms with van der Waals surface area (Å²) in [4.78, 5) is 10.6. The average molecular weight is 235 g/mol. The van der Waals surface area contributed by atoms with E-state index in [-0.39, 0.29) is 6.79 Å². The minimum atomic E-state index is -0.905. The van der Waals surface area contributed by atoms with Gasteiger partial charge in [0.05, 0.1) is 0 Å². The van der Waals surface area contributed by atoms with E-state index in [4.69, 9.17) is 14.6 Å². The number of carboxylic acids is 1. The lowest BCUT2D eigenvalue weighted by atomic mass is 10.2. The summed E-state index contributed by atoms with van der Waals surface area (Å²) in [5.41, 5.74) is 1.18. The van der Waals surface area contributed by atoms with E-state index in [1.165, 1.54) is 0 Å². The number of ether oxygens (including phenoxy) is 2. The van der Waals surface area contributed by atoms with Crippen LogP contribution in [0.15, 0.2) is 29.8 Å². The van der Waals surface area contributed by atoms with Crippen molar-refractivity contribution in [2.75, 3.05) is 18.7 Å². The molecule has 0 aliphatic carbocycles. The maximum atomic E-state index is 10.6. The van der Waals surface area contributed by atoms with Crippen molar-refractivity contribution in [3.63, 3.8) is 0 Å².